The Kier molecular flexibility index (Phi) is 9.92. The van der Waals surface area contributed by atoms with Gasteiger partial charge in [-0.2, -0.15) is 8.78 Å². The molecule has 1 aliphatic heterocycles. The number of amides is 4. The summed E-state index contributed by atoms with van der Waals surface area (Å²) in [5, 5.41) is 9.27. The van der Waals surface area contributed by atoms with E-state index in [1.807, 2.05) is 5.32 Å². The molecule has 1 aliphatic rings. The number of ether oxygens (including phenoxy) is 1. The van der Waals surface area contributed by atoms with Crippen LogP contribution in [0.2, 0.25) is 0 Å². The van der Waals surface area contributed by atoms with E-state index in [9.17, 15) is 23.2 Å². The molecule has 214 valence electrons. The molecule has 2 aromatic rings. The Morgan fingerprint density at radius 3 is 2.46 bits per heavy atom. The number of urea groups is 1. The van der Waals surface area contributed by atoms with Crippen molar-refractivity contribution in [2.24, 2.45) is 0 Å². The van der Waals surface area contributed by atoms with Crippen LogP contribution in [0, 0.1) is 18.6 Å². The van der Waals surface area contributed by atoms with Crippen molar-refractivity contribution in [1.82, 2.24) is 20.9 Å². The summed E-state index contributed by atoms with van der Waals surface area (Å²) < 4.78 is 64.8. The van der Waals surface area contributed by atoms with Gasteiger partial charge in [0.2, 0.25) is 0 Å². The molecule has 0 radical (unpaired) electrons. The molecule has 0 unspecified atom stereocenters. The number of hydrogen-bond acceptors (Lipinski definition) is 8. The van der Waals surface area contributed by atoms with E-state index in [2.05, 4.69) is 10.5 Å². The van der Waals surface area contributed by atoms with Gasteiger partial charge in [-0.3, -0.25) is 14.5 Å². The minimum Gasteiger partial charge on any atom is -0.442 e. The Labute approximate surface area is 220 Å². The molecule has 3 rings (SSSR count). The van der Waals surface area contributed by atoms with E-state index in [1.165, 1.54) is 12.0 Å². The van der Waals surface area contributed by atoms with Crippen molar-refractivity contribution in [1.29, 1.82) is 0 Å². The second-order valence-electron chi connectivity index (χ2n) is 8.37. The van der Waals surface area contributed by atoms with E-state index in [0.717, 1.165) is 22.1 Å². The van der Waals surface area contributed by atoms with Crippen LogP contribution in [0.1, 0.15) is 18.4 Å². The van der Waals surface area contributed by atoms with Gasteiger partial charge in [0.25, 0.3) is 5.91 Å². The van der Waals surface area contributed by atoms with Crippen LogP contribution in [0.4, 0.5) is 38.5 Å². The van der Waals surface area contributed by atoms with Gasteiger partial charge in [0.05, 0.1) is 39.0 Å². The lowest BCUT2D eigenvalue weighted by Crippen LogP contribution is -2.43. The largest absolute Gasteiger partial charge is 0.442 e. The molecule has 1 fully saturated rings. The molecular formula is C23H28F4N6O6. The second kappa shape index (κ2) is 13.1. The number of rotatable bonds is 12. The van der Waals surface area contributed by atoms with Crippen molar-refractivity contribution in [3.05, 3.63) is 41.3 Å². The minimum atomic E-state index is -3.23. The minimum absolute atomic E-state index is 0.00825. The lowest BCUT2D eigenvalue weighted by molar-refractivity contribution is -0.132. The first-order valence-corrected chi connectivity index (χ1v) is 11.8. The Balaban J connectivity index is 1.63. The van der Waals surface area contributed by atoms with Gasteiger partial charge in [-0.25, -0.2) is 23.4 Å². The molecule has 12 nitrogen and oxygen atoms in total. The Morgan fingerprint density at radius 2 is 1.90 bits per heavy atom. The van der Waals surface area contributed by atoms with Gasteiger partial charge in [0, 0.05) is 31.3 Å². The van der Waals surface area contributed by atoms with E-state index in [-0.39, 0.29) is 50.6 Å². The number of hydroxylamine groups is 2. The van der Waals surface area contributed by atoms with E-state index in [4.69, 9.17) is 14.1 Å². The Bertz CT molecular complexity index is 1160. The highest BCUT2D eigenvalue weighted by Crippen LogP contribution is 2.31. The number of aryl methyl sites for hydroxylation is 1. The monoisotopic (exact) mass is 560 g/mol. The maximum Gasteiger partial charge on any atom is 0.414 e. The number of cyclic esters (lactones) is 1. The standard InChI is InChI=1S/C23H28F4N6O6/c1-4-31(5-6-33(37-3)22(35)29-10-14-7-13(2)39-30-14)19-17(24)8-15(9-18(19)25)32-12-16(38-23(32)36)11-28-21(34)20(26)27/h7-9,16,20H,4-6,10-12H2,1-3H3,(H,28,34)(H,29,35)/t16-/m0/s1. The first kappa shape index (κ1) is 29.5. The molecule has 1 aromatic carbocycles. The van der Waals surface area contributed by atoms with Crippen molar-refractivity contribution in [3.8, 4) is 0 Å². The molecule has 1 atom stereocenters. The topological polar surface area (TPSA) is 129 Å². The predicted octanol–water partition coefficient (Wildman–Crippen LogP) is 2.57. The number of carbonyl (C=O) groups is 3. The lowest BCUT2D eigenvalue weighted by atomic mass is 10.2. The molecule has 0 spiro atoms. The second-order valence-corrected chi connectivity index (χ2v) is 8.37. The number of hydrogen-bond donors (Lipinski definition) is 2. The zero-order chi connectivity index (χ0) is 28.7. The molecule has 2 heterocycles. The summed E-state index contributed by atoms with van der Waals surface area (Å²) in [6.45, 7) is 2.94. The van der Waals surface area contributed by atoms with Crippen molar-refractivity contribution in [2.45, 2.75) is 32.9 Å². The molecule has 0 saturated carbocycles. The van der Waals surface area contributed by atoms with E-state index in [1.54, 1.807) is 19.9 Å². The van der Waals surface area contributed by atoms with Crippen LogP contribution in [0.5, 0.6) is 0 Å². The molecule has 1 saturated heterocycles. The van der Waals surface area contributed by atoms with Gasteiger partial charge < -0.3 is 24.8 Å². The third kappa shape index (κ3) is 7.49. The van der Waals surface area contributed by atoms with E-state index < -0.39 is 42.2 Å². The molecule has 1 aromatic heterocycles. The number of anilines is 2. The molecular weight excluding hydrogens is 532 g/mol. The summed E-state index contributed by atoms with van der Waals surface area (Å²) in [4.78, 5) is 43.1. The van der Waals surface area contributed by atoms with Crippen molar-refractivity contribution >= 4 is 29.4 Å². The van der Waals surface area contributed by atoms with Gasteiger partial charge >= 0.3 is 18.5 Å². The number of carbonyl (C=O) groups excluding carboxylic acids is 3. The number of nitrogens with zero attached hydrogens (tertiary/aromatic N) is 4. The van der Waals surface area contributed by atoms with Gasteiger partial charge in [0.15, 0.2) is 11.6 Å². The lowest BCUT2D eigenvalue weighted by Gasteiger charge is -2.28. The zero-order valence-electron chi connectivity index (χ0n) is 21.4. The summed E-state index contributed by atoms with van der Waals surface area (Å²) >= 11 is 0. The third-order valence-electron chi connectivity index (χ3n) is 5.70. The fourth-order valence-electron chi connectivity index (χ4n) is 3.81. The number of nitrogens with one attached hydrogen (secondary N) is 2. The summed E-state index contributed by atoms with van der Waals surface area (Å²) in [5.74, 6) is -2.91. The molecule has 16 heteroatoms. The van der Waals surface area contributed by atoms with Crippen molar-refractivity contribution in [3.63, 3.8) is 0 Å². The first-order valence-electron chi connectivity index (χ1n) is 11.8. The van der Waals surface area contributed by atoms with Crippen LogP contribution in [-0.4, -0.2) is 80.6 Å². The number of halogens is 4. The SMILES string of the molecule is CCN(CCN(OC)C(=O)NCc1cc(C)on1)c1c(F)cc(N2C[C@H](CNC(=O)C(F)F)OC2=O)cc1F. The first-order chi connectivity index (χ1) is 18.5. The van der Waals surface area contributed by atoms with Gasteiger partial charge in [-0.15, -0.1) is 0 Å². The Morgan fingerprint density at radius 1 is 1.21 bits per heavy atom. The summed E-state index contributed by atoms with van der Waals surface area (Å²) in [7, 11) is 1.27. The summed E-state index contributed by atoms with van der Waals surface area (Å²) in [6, 6.07) is 2.92. The average molecular weight is 561 g/mol. The van der Waals surface area contributed by atoms with Crippen molar-refractivity contribution in [2.75, 3.05) is 49.6 Å². The fourth-order valence-corrected chi connectivity index (χ4v) is 3.81. The number of benzene rings is 1. The van der Waals surface area contributed by atoms with Gasteiger partial charge in [0.1, 0.15) is 23.2 Å². The highest BCUT2D eigenvalue weighted by molar-refractivity contribution is 5.90. The molecule has 0 aliphatic carbocycles. The normalized spacial score (nSPS) is 14.9. The zero-order valence-corrected chi connectivity index (χ0v) is 21.4. The predicted molar refractivity (Wildman–Crippen MR) is 128 cm³/mol. The highest BCUT2D eigenvalue weighted by Gasteiger charge is 2.34. The van der Waals surface area contributed by atoms with Crippen LogP contribution in [-0.2, 0) is 20.9 Å². The maximum atomic E-state index is 15.1. The number of aromatic nitrogens is 1. The molecule has 2 N–H and O–H groups in total. The van der Waals surface area contributed by atoms with Crippen LogP contribution in [0.25, 0.3) is 0 Å². The Hall–Kier alpha value is -4.08. The van der Waals surface area contributed by atoms with E-state index >= 15 is 8.78 Å². The van der Waals surface area contributed by atoms with Gasteiger partial charge in [-0.1, -0.05) is 5.16 Å². The molecule has 39 heavy (non-hydrogen) atoms. The van der Waals surface area contributed by atoms with Crippen LogP contribution in [0.3, 0.4) is 0 Å². The third-order valence-corrected chi connectivity index (χ3v) is 5.70. The van der Waals surface area contributed by atoms with Crippen LogP contribution in [0.15, 0.2) is 22.7 Å². The molecule has 0 bridgehead atoms. The maximum absolute atomic E-state index is 15.1. The summed E-state index contributed by atoms with van der Waals surface area (Å²) in [6.07, 6.45) is -5.17. The highest BCUT2D eigenvalue weighted by atomic mass is 19.3. The van der Waals surface area contributed by atoms with Crippen LogP contribution >= 0.6 is 0 Å². The van der Waals surface area contributed by atoms with Crippen LogP contribution < -0.4 is 20.4 Å². The van der Waals surface area contributed by atoms with E-state index in [0.29, 0.717) is 11.5 Å². The fraction of sp³-hybridized carbons (Fsp3) is 0.478. The van der Waals surface area contributed by atoms with Crippen molar-refractivity contribution < 1.29 is 46.0 Å². The summed E-state index contributed by atoms with van der Waals surface area (Å²) in [5.41, 5.74) is -0.0370. The molecule has 4 amide bonds. The average Bonchev–Trinajstić information content (AvgIpc) is 3.48. The van der Waals surface area contributed by atoms with Gasteiger partial charge in [-0.05, 0) is 13.8 Å². The smallest absolute Gasteiger partial charge is 0.414 e. The number of alkyl halides is 2. The number of likely N-dealkylation sites (N-methyl/N-ethyl adjacent to an activating group) is 1. The quantitative estimate of drug-likeness (QED) is 0.299.